The third kappa shape index (κ3) is 2.84. The van der Waals surface area contributed by atoms with Crippen LogP contribution in [-0.2, 0) is 4.79 Å². The molecule has 0 radical (unpaired) electrons. The van der Waals surface area contributed by atoms with E-state index >= 15 is 0 Å². The number of carboxylic acid groups (broad SMARTS) is 1. The molecule has 2 atom stereocenters. The summed E-state index contributed by atoms with van der Waals surface area (Å²) in [6.45, 7) is 2.86. The van der Waals surface area contributed by atoms with Crippen molar-refractivity contribution in [1.82, 2.24) is 9.88 Å². The molecule has 0 spiro atoms. The van der Waals surface area contributed by atoms with Crippen LogP contribution in [0.15, 0.2) is 35.8 Å². The smallest absolute Gasteiger partial charge is 0.320 e. The van der Waals surface area contributed by atoms with Gasteiger partial charge in [-0.2, -0.15) is 0 Å². The molecule has 3 heterocycles. The van der Waals surface area contributed by atoms with Gasteiger partial charge in [0, 0.05) is 17.6 Å². The Hall–Kier alpha value is -1.72. The average Bonchev–Trinajstić information content (AvgIpc) is 3.10. The Balaban J connectivity index is 2.02. The topological polar surface area (TPSA) is 53.4 Å². The molecule has 1 aliphatic heterocycles. The van der Waals surface area contributed by atoms with E-state index in [-0.39, 0.29) is 6.04 Å². The molecule has 3 rings (SSSR count). The standard InChI is InChI=1S/C16H18N2O2S/c1-11-9-14(21-10-11)15(12-5-2-3-7-17-12)18-8-4-6-13(18)16(19)20/h2-3,5,7,9-10,13,15H,4,6,8H2,1H3,(H,19,20). The summed E-state index contributed by atoms with van der Waals surface area (Å²) in [5.74, 6) is -0.735. The Labute approximate surface area is 128 Å². The third-order valence-electron chi connectivity index (χ3n) is 3.90. The number of thiophene rings is 1. The number of nitrogens with zero attached hydrogens (tertiary/aromatic N) is 2. The Morgan fingerprint density at radius 1 is 1.52 bits per heavy atom. The van der Waals surface area contributed by atoms with E-state index in [1.165, 1.54) is 10.4 Å². The van der Waals surface area contributed by atoms with E-state index in [0.717, 1.165) is 18.7 Å². The molecule has 2 unspecified atom stereocenters. The van der Waals surface area contributed by atoms with Crippen LogP contribution in [-0.4, -0.2) is 33.5 Å². The van der Waals surface area contributed by atoms with Crippen LogP contribution in [0, 0.1) is 6.92 Å². The molecule has 1 saturated heterocycles. The van der Waals surface area contributed by atoms with Gasteiger partial charge in [-0.3, -0.25) is 14.7 Å². The average molecular weight is 302 g/mol. The quantitative estimate of drug-likeness (QED) is 0.943. The van der Waals surface area contributed by atoms with Gasteiger partial charge in [0.15, 0.2) is 0 Å². The Kier molecular flexibility index (Phi) is 4.03. The molecule has 4 nitrogen and oxygen atoms in total. The summed E-state index contributed by atoms with van der Waals surface area (Å²) in [5.41, 5.74) is 2.13. The van der Waals surface area contributed by atoms with Crippen molar-refractivity contribution in [3.63, 3.8) is 0 Å². The molecule has 0 saturated carbocycles. The molecule has 0 bridgehead atoms. The van der Waals surface area contributed by atoms with Crippen molar-refractivity contribution in [3.05, 3.63) is 52.0 Å². The number of hydrogen-bond donors (Lipinski definition) is 1. The second kappa shape index (κ2) is 5.95. The number of carboxylic acids is 1. The fourth-order valence-electron chi connectivity index (χ4n) is 2.98. The van der Waals surface area contributed by atoms with Crippen LogP contribution in [0.1, 0.15) is 35.0 Å². The van der Waals surface area contributed by atoms with Crippen molar-refractivity contribution in [1.29, 1.82) is 0 Å². The van der Waals surface area contributed by atoms with Gasteiger partial charge in [-0.05, 0) is 48.9 Å². The van der Waals surface area contributed by atoms with Gasteiger partial charge in [0.25, 0.3) is 0 Å². The minimum absolute atomic E-state index is 0.0616. The highest BCUT2D eigenvalue weighted by atomic mass is 32.1. The summed E-state index contributed by atoms with van der Waals surface area (Å²) >= 11 is 1.68. The number of aromatic nitrogens is 1. The molecule has 5 heteroatoms. The highest BCUT2D eigenvalue weighted by Gasteiger charge is 2.37. The van der Waals surface area contributed by atoms with Crippen LogP contribution in [0.25, 0.3) is 0 Å². The van der Waals surface area contributed by atoms with Gasteiger partial charge < -0.3 is 5.11 Å². The molecule has 0 aliphatic carbocycles. The summed E-state index contributed by atoms with van der Waals surface area (Å²) in [5, 5.41) is 11.6. The van der Waals surface area contributed by atoms with Gasteiger partial charge in [0.1, 0.15) is 6.04 Å². The lowest BCUT2D eigenvalue weighted by molar-refractivity contribution is -0.142. The number of aliphatic carboxylic acids is 1. The number of aryl methyl sites for hydroxylation is 1. The first-order valence-corrected chi connectivity index (χ1v) is 7.99. The van der Waals surface area contributed by atoms with Gasteiger partial charge in [0.05, 0.1) is 11.7 Å². The molecular weight excluding hydrogens is 284 g/mol. The molecule has 0 aromatic carbocycles. The lowest BCUT2D eigenvalue weighted by Gasteiger charge is -2.30. The third-order valence-corrected chi connectivity index (χ3v) is 5.00. The number of rotatable bonds is 4. The minimum atomic E-state index is -0.735. The monoisotopic (exact) mass is 302 g/mol. The Bertz CT molecular complexity index is 626. The summed E-state index contributed by atoms with van der Waals surface area (Å²) in [6.07, 6.45) is 3.41. The first kappa shape index (κ1) is 14.2. The normalized spacial score (nSPS) is 20.5. The summed E-state index contributed by atoms with van der Waals surface area (Å²) < 4.78 is 0. The molecule has 2 aromatic rings. The van der Waals surface area contributed by atoms with Crippen LogP contribution in [0.5, 0.6) is 0 Å². The summed E-state index contributed by atoms with van der Waals surface area (Å²) in [6, 6.07) is 7.49. The Morgan fingerprint density at radius 2 is 2.38 bits per heavy atom. The number of likely N-dealkylation sites (tertiary alicyclic amines) is 1. The molecule has 1 N–H and O–H groups in total. The van der Waals surface area contributed by atoms with Gasteiger partial charge in [-0.25, -0.2) is 0 Å². The van der Waals surface area contributed by atoms with Crippen molar-refractivity contribution >= 4 is 17.3 Å². The van der Waals surface area contributed by atoms with E-state index in [2.05, 4.69) is 28.3 Å². The van der Waals surface area contributed by atoms with Gasteiger partial charge >= 0.3 is 5.97 Å². The van der Waals surface area contributed by atoms with E-state index in [9.17, 15) is 9.90 Å². The Morgan fingerprint density at radius 3 is 3.00 bits per heavy atom. The highest BCUT2D eigenvalue weighted by molar-refractivity contribution is 7.10. The predicted molar refractivity (Wildman–Crippen MR) is 82.5 cm³/mol. The number of hydrogen-bond acceptors (Lipinski definition) is 4. The highest BCUT2D eigenvalue weighted by Crippen LogP contribution is 2.36. The molecule has 0 amide bonds. The second-order valence-corrected chi connectivity index (χ2v) is 6.36. The van der Waals surface area contributed by atoms with Crippen LogP contribution in [0.2, 0.25) is 0 Å². The van der Waals surface area contributed by atoms with Gasteiger partial charge in [0.2, 0.25) is 0 Å². The molecular formula is C16H18N2O2S. The van der Waals surface area contributed by atoms with E-state index in [1.807, 2.05) is 18.2 Å². The first-order chi connectivity index (χ1) is 10.2. The molecule has 21 heavy (non-hydrogen) atoms. The van der Waals surface area contributed by atoms with Crippen molar-refractivity contribution in [2.24, 2.45) is 0 Å². The zero-order valence-electron chi connectivity index (χ0n) is 11.9. The SMILES string of the molecule is Cc1csc(C(c2ccccn2)N2CCCC2C(=O)O)c1. The van der Waals surface area contributed by atoms with Crippen molar-refractivity contribution in [2.75, 3.05) is 6.54 Å². The maximum absolute atomic E-state index is 11.5. The zero-order chi connectivity index (χ0) is 14.8. The molecule has 1 aliphatic rings. The molecule has 1 fully saturated rings. The summed E-state index contributed by atoms with van der Waals surface area (Å²) in [7, 11) is 0. The van der Waals surface area contributed by atoms with Crippen LogP contribution in [0.4, 0.5) is 0 Å². The minimum Gasteiger partial charge on any atom is -0.480 e. The van der Waals surface area contributed by atoms with Crippen LogP contribution >= 0.6 is 11.3 Å². The lowest BCUT2D eigenvalue weighted by atomic mass is 10.1. The fourth-order valence-corrected chi connectivity index (χ4v) is 4.01. The van der Waals surface area contributed by atoms with Gasteiger partial charge in [-0.1, -0.05) is 6.07 Å². The maximum atomic E-state index is 11.5. The van der Waals surface area contributed by atoms with Crippen molar-refractivity contribution in [3.8, 4) is 0 Å². The van der Waals surface area contributed by atoms with E-state index in [0.29, 0.717) is 6.42 Å². The van der Waals surface area contributed by atoms with Crippen LogP contribution in [0.3, 0.4) is 0 Å². The number of pyridine rings is 1. The number of carbonyl (C=O) groups is 1. The fraction of sp³-hybridized carbons (Fsp3) is 0.375. The largest absolute Gasteiger partial charge is 0.480 e. The first-order valence-electron chi connectivity index (χ1n) is 7.11. The van der Waals surface area contributed by atoms with E-state index < -0.39 is 12.0 Å². The molecule has 110 valence electrons. The van der Waals surface area contributed by atoms with Crippen molar-refractivity contribution in [2.45, 2.75) is 31.8 Å². The van der Waals surface area contributed by atoms with Gasteiger partial charge in [-0.15, -0.1) is 11.3 Å². The molecule has 2 aromatic heterocycles. The van der Waals surface area contributed by atoms with Crippen molar-refractivity contribution < 1.29 is 9.90 Å². The summed E-state index contributed by atoms with van der Waals surface area (Å²) in [4.78, 5) is 19.2. The predicted octanol–water partition coefficient (Wildman–Crippen LogP) is 3.09. The maximum Gasteiger partial charge on any atom is 0.320 e. The van der Waals surface area contributed by atoms with Crippen LogP contribution < -0.4 is 0 Å². The van der Waals surface area contributed by atoms with E-state index in [1.54, 1.807) is 17.5 Å². The second-order valence-electron chi connectivity index (χ2n) is 5.42. The zero-order valence-corrected chi connectivity index (χ0v) is 12.7. The van der Waals surface area contributed by atoms with E-state index in [4.69, 9.17) is 0 Å². The lowest BCUT2D eigenvalue weighted by Crippen LogP contribution is -2.39.